The Balaban J connectivity index is 1.94. The summed E-state index contributed by atoms with van der Waals surface area (Å²) in [6.07, 6.45) is 2.05. The van der Waals surface area contributed by atoms with E-state index in [1.807, 2.05) is 18.2 Å². The molecule has 2 amide bonds. The molecule has 1 aliphatic heterocycles. The molecule has 0 spiro atoms. The first-order chi connectivity index (χ1) is 16.3. The third kappa shape index (κ3) is 6.55. The lowest BCUT2D eigenvalue weighted by Gasteiger charge is -2.35. The van der Waals surface area contributed by atoms with Gasteiger partial charge in [-0.25, -0.2) is 0 Å². The molecule has 8 nitrogen and oxygen atoms in total. The van der Waals surface area contributed by atoms with Crippen LogP contribution in [0, 0.1) is 5.92 Å². The van der Waals surface area contributed by atoms with Crippen molar-refractivity contribution in [3.8, 4) is 5.75 Å². The largest absolute Gasteiger partial charge is 0.491 e. The number of aromatic nitrogens is 1. The summed E-state index contributed by atoms with van der Waals surface area (Å²) >= 11 is 0. The van der Waals surface area contributed by atoms with Crippen molar-refractivity contribution in [2.45, 2.75) is 45.9 Å². The maximum Gasteiger partial charge on any atom is 0.257 e. The Kier molecular flexibility index (Phi) is 9.01. The number of anilines is 1. The van der Waals surface area contributed by atoms with Crippen molar-refractivity contribution >= 4 is 17.5 Å². The molecule has 8 heteroatoms. The fourth-order valence-corrected chi connectivity index (χ4v) is 4.09. The Bertz CT molecular complexity index is 969. The fourth-order valence-electron chi connectivity index (χ4n) is 4.09. The molecule has 1 aromatic carbocycles. The van der Waals surface area contributed by atoms with E-state index in [0.717, 1.165) is 12.2 Å². The van der Waals surface area contributed by atoms with Crippen molar-refractivity contribution in [1.29, 1.82) is 0 Å². The number of carbonyl (C=O) groups excluding carboxylic acids is 2. The zero-order valence-corrected chi connectivity index (χ0v) is 20.8. The number of amides is 2. The molecule has 0 aliphatic carbocycles. The van der Waals surface area contributed by atoms with Crippen LogP contribution >= 0.6 is 0 Å². The lowest BCUT2D eigenvalue weighted by molar-refractivity contribution is -0.115. The van der Waals surface area contributed by atoms with Crippen molar-refractivity contribution in [3.63, 3.8) is 0 Å². The van der Waals surface area contributed by atoms with Gasteiger partial charge in [0.1, 0.15) is 12.4 Å². The smallest absolute Gasteiger partial charge is 0.257 e. The van der Waals surface area contributed by atoms with E-state index in [1.54, 1.807) is 50.4 Å². The lowest BCUT2D eigenvalue weighted by Crippen LogP contribution is -2.46. The Labute approximate surface area is 202 Å². The van der Waals surface area contributed by atoms with Gasteiger partial charge < -0.3 is 19.7 Å². The summed E-state index contributed by atoms with van der Waals surface area (Å²) in [6.45, 7) is 8.33. The van der Waals surface area contributed by atoms with Gasteiger partial charge in [-0.05, 0) is 37.1 Å². The monoisotopic (exact) mass is 468 g/mol. The van der Waals surface area contributed by atoms with E-state index in [4.69, 9.17) is 9.47 Å². The summed E-state index contributed by atoms with van der Waals surface area (Å²) < 4.78 is 12.0. The van der Waals surface area contributed by atoms with Gasteiger partial charge in [0.25, 0.3) is 5.91 Å². The number of methoxy groups -OCH3 is 1. The predicted molar refractivity (Wildman–Crippen MR) is 132 cm³/mol. The summed E-state index contributed by atoms with van der Waals surface area (Å²) in [5.41, 5.74) is 2.05. The van der Waals surface area contributed by atoms with Gasteiger partial charge in [-0.1, -0.05) is 19.9 Å². The second kappa shape index (κ2) is 11.9. The molecule has 2 heterocycles. The zero-order chi connectivity index (χ0) is 24.7. The van der Waals surface area contributed by atoms with E-state index in [1.165, 1.54) is 0 Å². The average Bonchev–Trinajstić information content (AvgIpc) is 2.84. The first kappa shape index (κ1) is 25.6. The van der Waals surface area contributed by atoms with Crippen LogP contribution < -0.4 is 10.1 Å². The number of likely N-dealkylation sites (N-methyl/N-ethyl adjacent to an activating group) is 1. The number of nitrogens with zero attached hydrogens (tertiary/aromatic N) is 3. The predicted octanol–water partition coefficient (Wildman–Crippen LogP) is 3.44. The van der Waals surface area contributed by atoms with Crippen LogP contribution in [0.15, 0.2) is 42.6 Å². The summed E-state index contributed by atoms with van der Waals surface area (Å²) in [4.78, 5) is 33.7. The standard InChI is InChI=1S/C26H36N4O4/c1-6-25(31)28-20-10-11-22-23(13-20)34-17-19(3)30(15-21-9-7-8-12-27-21)14-18(2)24(33-5)16-29(4)26(22)32/h7-13,18-19,24H,6,14-17H2,1-5H3,(H,28,31)/t18-,19-,24+/m1/s1. The first-order valence-corrected chi connectivity index (χ1v) is 11.8. The van der Waals surface area contributed by atoms with Gasteiger partial charge in [0.05, 0.1) is 17.4 Å². The number of nitrogens with one attached hydrogen (secondary N) is 1. The third-order valence-electron chi connectivity index (χ3n) is 6.27. The topological polar surface area (TPSA) is 84.0 Å². The van der Waals surface area contributed by atoms with Crippen LogP contribution in [0.3, 0.4) is 0 Å². The maximum absolute atomic E-state index is 13.3. The SMILES string of the molecule is CCC(=O)Nc1ccc2c(c1)OC[C@@H](C)N(Cc1ccccn1)C[C@@H](C)[C@@H](OC)CN(C)C2=O. The minimum atomic E-state index is -0.142. The summed E-state index contributed by atoms with van der Waals surface area (Å²) in [5.74, 6) is 0.398. The molecule has 2 aromatic rings. The van der Waals surface area contributed by atoms with Gasteiger partial charge >= 0.3 is 0 Å². The molecule has 0 saturated carbocycles. The fraction of sp³-hybridized carbons (Fsp3) is 0.500. The molecular formula is C26H36N4O4. The van der Waals surface area contributed by atoms with Gasteiger partial charge in [-0.3, -0.25) is 19.5 Å². The van der Waals surface area contributed by atoms with E-state index >= 15 is 0 Å². The number of fused-ring (bicyclic) bond motifs is 1. The van der Waals surface area contributed by atoms with Crippen molar-refractivity contribution in [3.05, 3.63) is 53.9 Å². The first-order valence-electron chi connectivity index (χ1n) is 11.8. The van der Waals surface area contributed by atoms with Gasteiger partial charge in [-0.15, -0.1) is 0 Å². The molecule has 0 radical (unpaired) electrons. The molecule has 0 bridgehead atoms. The van der Waals surface area contributed by atoms with Gasteiger partial charge in [0.15, 0.2) is 0 Å². The molecule has 184 valence electrons. The van der Waals surface area contributed by atoms with Crippen molar-refractivity contribution in [2.24, 2.45) is 5.92 Å². The Hall–Kier alpha value is -2.97. The van der Waals surface area contributed by atoms with E-state index < -0.39 is 0 Å². The number of rotatable bonds is 5. The number of benzene rings is 1. The number of hydrogen-bond donors (Lipinski definition) is 1. The van der Waals surface area contributed by atoms with E-state index in [2.05, 4.69) is 29.0 Å². The van der Waals surface area contributed by atoms with Gasteiger partial charge in [-0.2, -0.15) is 0 Å². The Morgan fingerprint density at radius 1 is 1.24 bits per heavy atom. The van der Waals surface area contributed by atoms with E-state index in [0.29, 0.717) is 43.1 Å². The molecule has 3 atom stereocenters. The molecule has 0 fully saturated rings. The average molecular weight is 469 g/mol. The maximum atomic E-state index is 13.3. The van der Waals surface area contributed by atoms with Crippen LogP contribution in [-0.2, 0) is 16.1 Å². The molecule has 0 unspecified atom stereocenters. The van der Waals surface area contributed by atoms with Crippen LogP contribution in [0.1, 0.15) is 43.2 Å². The van der Waals surface area contributed by atoms with Crippen molar-refractivity contribution in [2.75, 3.05) is 39.2 Å². The summed E-state index contributed by atoms with van der Waals surface area (Å²) in [5, 5.41) is 2.85. The van der Waals surface area contributed by atoms with Crippen LogP contribution in [0.4, 0.5) is 5.69 Å². The highest BCUT2D eigenvalue weighted by atomic mass is 16.5. The third-order valence-corrected chi connectivity index (χ3v) is 6.27. The van der Waals surface area contributed by atoms with Crippen LogP contribution in [0.25, 0.3) is 0 Å². The van der Waals surface area contributed by atoms with Crippen LogP contribution in [0.2, 0.25) is 0 Å². The molecular weight excluding hydrogens is 432 g/mol. The Morgan fingerprint density at radius 3 is 2.71 bits per heavy atom. The number of pyridine rings is 1. The zero-order valence-electron chi connectivity index (χ0n) is 20.8. The quantitative estimate of drug-likeness (QED) is 0.724. The lowest BCUT2D eigenvalue weighted by atomic mass is 10.0. The molecule has 1 N–H and O–H groups in total. The second-order valence-corrected chi connectivity index (χ2v) is 8.96. The number of ether oxygens (including phenoxy) is 2. The number of hydrogen-bond acceptors (Lipinski definition) is 6. The minimum Gasteiger partial charge on any atom is -0.491 e. The highest BCUT2D eigenvalue weighted by Gasteiger charge is 2.28. The van der Waals surface area contributed by atoms with Gasteiger partial charge in [0.2, 0.25) is 5.91 Å². The van der Waals surface area contributed by atoms with Crippen molar-refractivity contribution < 1.29 is 19.1 Å². The van der Waals surface area contributed by atoms with Crippen molar-refractivity contribution in [1.82, 2.24) is 14.8 Å². The van der Waals surface area contributed by atoms with E-state index in [9.17, 15) is 9.59 Å². The highest BCUT2D eigenvalue weighted by molar-refractivity contribution is 5.98. The van der Waals surface area contributed by atoms with E-state index in [-0.39, 0.29) is 29.9 Å². The second-order valence-electron chi connectivity index (χ2n) is 8.96. The van der Waals surface area contributed by atoms with Gasteiger partial charge in [0, 0.05) is 64.2 Å². The normalized spacial score (nSPS) is 22.2. The molecule has 1 aromatic heterocycles. The van der Waals surface area contributed by atoms with Crippen LogP contribution in [-0.4, -0.2) is 72.6 Å². The number of carbonyl (C=O) groups is 2. The highest BCUT2D eigenvalue weighted by Crippen LogP contribution is 2.27. The Morgan fingerprint density at radius 2 is 2.03 bits per heavy atom. The molecule has 0 saturated heterocycles. The molecule has 1 aliphatic rings. The summed E-state index contributed by atoms with van der Waals surface area (Å²) in [7, 11) is 3.47. The van der Waals surface area contributed by atoms with Crippen LogP contribution in [0.5, 0.6) is 5.75 Å². The minimum absolute atomic E-state index is 0.0518. The molecule has 3 rings (SSSR count). The molecule has 34 heavy (non-hydrogen) atoms. The summed E-state index contributed by atoms with van der Waals surface area (Å²) in [6, 6.07) is 11.2.